The average Bonchev–Trinajstić information content (AvgIpc) is 2.98. The van der Waals surface area contributed by atoms with E-state index in [0.29, 0.717) is 12.1 Å². The summed E-state index contributed by atoms with van der Waals surface area (Å²) < 4.78 is 0. The third-order valence-corrected chi connectivity index (χ3v) is 4.15. The number of carbonyl (C=O) groups excluding carboxylic acids is 2. The summed E-state index contributed by atoms with van der Waals surface area (Å²) >= 11 is 0. The highest BCUT2D eigenvalue weighted by atomic mass is 16.2. The first kappa shape index (κ1) is 15.2. The number of nitrogens with one attached hydrogen (secondary N) is 1. The van der Waals surface area contributed by atoms with Crippen molar-refractivity contribution in [1.82, 2.24) is 10.3 Å². The lowest BCUT2D eigenvalue weighted by molar-refractivity contribution is -0.116. The molecule has 1 aliphatic rings. The molecule has 0 radical (unpaired) electrons. The Bertz CT molecular complexity index is 743. The van der Waals surface area contributed by atoms with E-state index < -0.39 is 0 Å². The van der Waals surface area contributed by atoms with Crippen LogP contribution in [0.5, 0.6) is 0 Å². The van der Waals surface area contributed by atoms with E-state index in [1.807, 2.05) is 31.2 Å². The fraction of sp³-hybridized carbons (Fsp3) is 0.278. The number of benzene rings is 1. The molecule has 0 bridgehead atoms. The molecule has 1 aliphatic heterocycles. The maximum Gasteiger partial charge on any atom is 0.251 e. The highest BCUT2D eigenvalue weighted by Crippen LogP contribution is 2.29. The Labute approximate surface area is 135 Å². The van der Waals surface area contributed by atoms with Gasteiger partial charge in [-0.2, -0.15) is 0 Å². The second-order valence-electron chi connectivity index (χ2n) is 5.75. The molecule has 0 fully saturated rings. The normalized spacial score (nSPS) is 14.3. The summed E-state index contributed by atoms with van der Waals surface area (Å²) in [5.74, 6) is -0.0865. The average molecular weight is 309 g/mol. The number of carbonyl (C=O) groups is 2. The number of amides is 2. The van der Waals surface area contributed by atoms with E-state index >= 15 is 0 Å². The molecule has 118 valence electrons. The van der Waals surface area contributed by atoms with Gasteiger partial charge >= 0.3 is 0 Å². The van der Waals surface area contributed by atoms with Gasteiger partial charge in [0.1, 0.15) is 0 Å². The number of pyridine rings is 1. The van der Waals surface area contributed by atoms with Gasteiger partial charge in [0.2, 0.25) is 5.91 Å². The van der Waals surface area contributed by atoms with E-state index in [0.717, 1.165) is 23.2 Å². The van der Waals surface area contributed by atoms with Crippen LogP contribution < -0.4 is 10.2 Å². The highest BCUT2D eigenvalue weighted by Gasteiger charge is 2.23. The second kappa shape index (κ2) is 6.20. The Morgan fingerprint density at radius 1 is 1.30 bits per heavy atom. The molecule has 1 aromatic carbocycles. The predicted octanol–water partition coefficient (Wildman–Crippen LogP) is 2.48. The minimum atomic E-state index is -0.120. The zero-order valence-corrected chi connectivity index (χ0v) is 13.2. The van der Waals surface area contributed by atoms with Gasteiger partial charge in [-0.1, -0.05) is 6.07 Å². The maximum atomic E-state index is 12.4. The third-order valence-electron chi connectivity index (χ3n) is 4.15. The first-order valence-corrected chi connectivity index (χ1v) is 7.68. The molecule has 0 saturated heterocycles. The summed E-state index contributed by atoms with van der Waals surface area (Å²) in [5.41, 5.74) is 3.53. The maximum absolute atomic E-state index is 12.4. The molecule has 2 amide bonds. The first-order chi connectivity index (χ1) is 11.1. The summed E-state index contributed by atoms with van der Waals surface area (Å²) in [6, 6.07) is 9.18. The van der Waals surface area contributed by atoms with Crippen LogP contribution in [0.3, 0.4) is 0 Å². The lowest BCUT2D eigenvalue weighted by Gasteiger charge is -2.16. The molecular formula is C18H19N3O2. The van der Waals surface area contributed by atoms with Crippen molar-refractivity contribution in [3.63, 3.8) is 0 Å². The third kappa shape index (κ3) is 3.08. The van der Waals surface area contributed by atoms with E-state index in [4.69, 9.17) is 0 Å². The van der Waals surface area contributed by atoms with E-state index in [9.17, 15) is 9.59 Å². The summed E-state index contributed by atoms with van der Waals surface area (Å²) in [5, 5.41) is 2.98. The zero-order valence-electron chi connectivity index (χ0n) is 13.2. The Morgan fingerprint density at radius 3 is 2.83 bits per heavy atom. The molecule has 0 spiro atoms. The van der Waals surface area contributed by atoms with E-state index in [2.05, 4.69) is 10.3 Å². The smallest absolute Gasteiger partial charge is 0.251 e. The van der Waals surface area contributed by atoms with Gasteiger partial charge in [-0.05, 0) is 48.7 Å². The van der Waals surface area contributed by atoms with Crippen LogP contribution in [0.2, 0.25) is 0 Å². The van der Waals surface area contributed by atoms with Crippen LogP contribution in [0.15, 0.2) is 42.7 Å². The molecule has 0 saturated carbocycles. The monoisotopic (exact) mass is 309 g/mol. The molecule has 0 aliphatic carbocycles. The Balaban J connectivity index is 1.75. The molecule has 23 heavy (non-hydrogen) atoms. The lowest BCUT2D eigenvalue weighted by atomic mass is 10.1. The van der Waals surface area contributed by atoms with Gasteiger partial charge in [-0.25, -0.2) is 0 Å². The molecule has 1 N–H and O–H groups in total. The van der Waals surface area contributed by atoms with Crippen LogP contribution in [-0.4, -0.2) is 23.3 Å². The van der Waals surface area contributed by atoms with Crippen molar-refractivity contribution in [3.05, 3.63) is 59.4 Å². The number of fused-ring (bicyclic) bond motifs is 1. The SMILES string of the molecule is CC(=O)N1CCc2cc(C(=O)NC(C)c3cccnc3)ccc21. The number of nitrogens with zero attached hydrogens (tertiary/aromatic N) is 2. The summed E-state index contributed by atoms with van der Waals surface area (Å²) in [4.78, 5) is 29.8. The quantitative estimate of drug-likeness (QED) is 0.947. The van der Waals surface area contributed by atoms with Crippen LogP contribution in [0.25, 0.3) is 0 Å². The molecule has 1 atom stereocenters. The van der Waals surface area contributed by atoms with Crippen LogP contribution in [0.1, 0.15) is 41.4 Å². The Kier molecular flexibility index (Phi) is 4.10. The van der Waals surface area contributed by atoms with E-state index in [1.165, 1.54) is 0 Å². The first-order valence-electron chi connectivity index (χ1n) is 7.68. The zero-order chi connectivity index (χ0) is 16.4. The van der Waals surface area contributed by atoms with Crippen LogP contribution in [0, 0.1) is 0 Å². The van der Waals surface area contributed by atoms with Crippen molar-refractivity contribution in [1.29, 1.82) is 0 Å². The summed E-state index contributed by atoms with van der Waals surface area (Å²) in [6.07, 6.45) is 4.24. The van der Waals surface area contributed by atoms with Crippen molar-refractivity contribution in [3.8, 4) is 0 Å². The molecule has 2 aromatic rings. The minimum Gasteiger partial charge on any atom is -0.345 e. The number of hydrogen-bond acceptors (Lipinski definition) is 3. The predicted molar refractivity (Wildman–Crippen MR) is 88.3 cm³/mol. The number of rotatable bonds is 3. The molecule has 5 nitrogen and oxygen atoms in total. The van der Waals surface area contributed by atoms with Crippen molar-refractivity contribution in [2.75, 3.05) is 11.4 Å². The lowest BCUT2D eigenvalue weighted by Crippen LogP contribution is -2.27. The van der Waals surface area contributed by atoms with E-state index in [1.54, 1.807) is 30.3 Å². The Hall–Kier alpha value is -2.69. The number of aromatic nitrogens is 1. The summed E-state index contributed by atoms with van der Waals surface area (Å²) in [7, 11) is 0. The van der Waals surface area contributed by atoms with Crippen LogP contribution in [0.4, 0.5) is 5.69 Å². The standard InChI is InChI=1S/C18H19N3O2/c1-12(16-4-3-8-19-11-16)20-18(23)15-5-6-17-14(10-15)7-9-21(17)13(2)22/h3-6,8,10-12H,7,9H2,1-2H3,(H,20,23). The largest absolute Gasteiger partial charge is 0.345 e. The van der Waals surface area contributed by atoms with Gasteiger partial charge in [0, 0.05) is 37.1 Å². The van der Waals surface area contributed by atoms with E-state index in [-0.39, 0.29) is 17.9 Å². The fourth-order valence-electron chi connectivity index (χ4n) is 2.87. The summed E-state index contributed by atoms with van der Waals surface area (Å²) in [6.45, 7) is 4.17. The highest BCUT2D eigenvalue weighted by molar-refractivity contribution is 5.98. The molecule has 2 heterocycles. The molecule has 1 aromatic heterocycles. The van der Waals surface area contributed by atoms with Gasteiger partial charge in [-0.3, -0.25) is 14.6 Å². The topological polar surface area (TPSA) is 62.3 Å². The Morgan fingerprint density at radius 2 is 2.13 bits per heavy atom. The molecule has 1 unspecified atom stereocenters. The van der Waals surface area contributed by atoms with Crippen LogP contribution >= 0.6 is 0 Å². The van der Waals surface area contributed by atoms with Crippen LogP contribution in [-0.2, 0) is 11.2 Å². The van der Waals surface area contributed by atoms with Gasteiger partial charge in [0.25, 0.3) is 5.91 Å². The molecule has 5 heteroatoms. The van der Waals surface area contributed by atoms with Gasteiger partial charge < -0.3 is 10.2 Å². The number of anilines is 1. The fourth-order valence-corrected chi connectivity index (χ4v) is 2.87. The van der Waals surface area contributed by atoms with Crippen molar-refractivity contribution in [2.45, 2.75) is 26.3 Å². The van der Waals surface area contributed by atoms with Crippen molar-refractivity contribution in [2.24, 2.45) is 0 Å². The minimum absolute atomic E-state index is 0.0335. The van der Waals surface area contributed by atoms with Gasteiger partial charge in [0.15, 0.2) is 0 Å². The number of hydrogen-bond donors (Lipinski definition) is 1. The van der Waals surface area contributed by atoms with Gasteiger partial charge in [-0.15, -0.1) is 0 Å². The van der Waals surface area contributed by atoms with Crippen molar-refractivity contribution < 1.29 is 9.59 Å². The second-order valence-corrected chi connectivity index (χ2v) is 5.75. The van der Waals surface area contributed by atoms with Crippen molar-refractivity contribution >= 4 is 17.5 Å². The molecular weight excluding hydrogens is 290 g/mol. The molecule has 3 rings (SSSR count). The van der Waals surface area contributed by atoms with Gasteiger partial charge in [0.05, 0.1) is 6.04 Å².